The first-order valence-electron chi connectivity index (χ1n) is 13.2. The highest BCUT2D eigenvalue weighted by Gasteiger charge is 2.57. The molecule has 4 aliphatic rings. The van der Waals surface area contributed by atoms with Crippen LogP contribution < -0.4 is 5.11 Å². The van der Waals surface area contributed by atoms with Crippen LogP contribution in [0.2, 0.25) is 0 Å². The fraction of sp³-hybridized carbons (Fsp3) is 0.893. The smallest absolute Gasteiger partial charge is 0.0623 e. The molecule has 176 valence electrons. The van der Waals surface area contributed by atoms with Gasteiger partial charge in [0.2, 0.25) is 0 Å². The van der Waals surface area contributed by atoms with Crippen molar-refractivity contribution in [1.82, 2.24) is 0 Å². The molecule has 0 radical (unpaired) electrons. The molecular weight excluding hydrogens is 384 g/mol. The van der Waals surface area contributed by atoms with Crippen molar-refractivity contribution in [2.45, 2.75) is 111 Å². The average molecular weight is 430 g/mol. The Labute approximate surface area is 190 Å². The third kappa shape index (κ3) is 3.81. The van der Waals surface area contributed by atoms with Gasteiger partial charge in [0.25, 0.3) is 0 Å². The van der Waals surface area contributed by atoms with Gasteiger partial charge in [-0.1, -0.05) is 65.0 Å². The molecule has 31 heavy (non-hydrogen) atoms. The first kappa shape index (κ1) is 23.3. The lowest BCUT2D eigenvalue weighted by atomic mass is 9.48. The predicted molar refractivity (Wildman–Crippen MR) is 123 cm³/mol. The summed E-state index contributed by atoms with van der Waals surface area (Å²) in [5.74, 6) is 1.43. The van der Waals surface area contributed by atoms with Gasteiger partial charge >= 0.3 is 0 Å². The van der Waals surface area contributed by atoms with Gasteiger partial charge in [-0.2, -0.15) is 0 Å². The van der Waals surface area contributed by atoms with Crippen molar-refractivity contribution in [2.24, 2.45) is 46.3 Å². The van der Waals surface area contributed by atoms with Gasteiger partial charge in [-0.05, 0) is 91.8 Å². The first-order valence-corrected chi connectivity index (χ1v) is 13.2. The Hall–Kier alpha value is -0.830. The molecule has 3 heteroatoms. The summed E-state index contributed by atoms with van der Waals surface area (Å²) in [5, 5.41) is 22.4. The molecular formula is C28H45O3-. The molecule has 8 atom stereocenters. The molecule has 2 fully saturated rings. The van der Waals surface area contributed by atoms with Crippen molar-refractivity contribution < 1.29 is 15.0 Å². The number of rotatable bonds is 6. The Balaban J connectivity index is 1.57. The van der Waals surface area contributed by atoms with E-state index in [0.29, 0.717) is 17.8 Å². The third-order valence-corrected chi connectivity index (χ3v) is 10.6. The van der Waals surface area contributed by atoms with Crippen LogP contribution in [0, 0.1) is 46.3 Å². The highest BCUT2D eigenvalue weighted by atomic mass is 16.4. The summed E-state index contributed by atoms with van der Waals surface area (Å²) in [5.41, 5.74) is 3.66. The van der Waals surface area contributed by atoms with Crippen molar-refractivity contribution >= 4 is 5.97 Å². The fourth-order valence-corrected chi connectivity index (χ4v) is 8.90. The number of hydrogen-bond acceptors (Lipinski definition) is 3. The molecule has 0 aliphatic heterocycles. The fourth-order valence-electron chi connectivity index (χ4n) is 8.90. The molecule has 0 spiro atoms. The second-order valence-corrected chi connectivity index (χ2v) is 12.6. The van der Waals surface area contributed by atoms with Crippen molar-refractivity contribution in [1.29, 1.82) is 0 Å². The summed E-state index contributed by atoms with van der Waals surface area (Å²) in [6.45, 7) is 12.1. The molecule has 0 bridgehead atoms. The van der Waals surface area contributed by atoms with E-state index < -0.39 is 18.0 Å². The lowest BCUT2D eigenvalue weighted by molar-refractivity contribution is -0.319. The zero-order valence-corrected chi connectivity index (χ0v) is 20.6. The van der Waals surface area contributed by atoms with Crippen LogP contribution in [0.25, 0.3) is 0 Å². The van der Waals surface area contributed by atoms with Gasteiger partial charge < -0.3 is 15.0 Å². The van der Waals surface area contributed by atoms with E-state index >= 15 is 0 Å². The minimum absolute atomic E-state index is 0.0384. The number of allylic oxidation sites excluding steroid dienone is 2. The Morgan fingerprint density at radius 2 is 1.81 bits per heavy atom. The zero-order valence-electron chi connectivity index (χ0n) is 20.6. The van der Waals surface area contributed by atoms with Crippen LogP contribution in [0.4, 0.5) is 0 Å². The number of aliphatic hydroxyl groups is 1. The van der Waals surface area contributed by atoms with Crippen LogP contribution in [0.5, 0.6) is 0 Å². The van der Waals surface area contributed by atoms with E-state index in [4.69, 9.17) is 0 Å². The molecule has 0 aromatic heterocycles. The molecule has 0 heterocycles. The topological polar surface area (TPSA) is 60.4 Å². The van der Waals surface area contributed by atoms with Crippen molar-refractivity contribution in [3.8, 4) is 0 Å². The van der Waals surface area contributed by atoms with Gasteiger partial charge in [0, 0.05) is 11.9 Å². The summed E-state index contributed by atoms with van der Waals surface area (Å²) in [7, 11) is 0. The number of aliphatic hydroxyl groups excluding tert-OH is 1. The van der Waals surface area contributed by atoms with Gasteiger partial charge in [-0.15, -0.1) is 0 Å². The second kappa shape index (κ2) is 8.50. The lowest BCUT2D eigenvalue weighted by Crippen LogP contribution is -2.54. The minimum Gasteiger partial charge on any atom is -0.550 e. The van der Waals surface area contributed by atoms with E-state index in [1.54, 1.807) is 11.1 Å². The summed E-state index contributed by atoms with van der Waals surface area (Å²) >= 11 is 0. The summed E-state index contributed by atoms with van der Waals surface area (Å²) < 4.78 is 0. The average Bonchev–Trinajstić information content (AvgIpc) is 3.05. The van der Waals surface area contributed by atoms with Crippen LogP contribution in [-0.2, 0) is 4.79 Å². The van der Waals surface area contributed by atoms with Crippen molar-refractivity contribution in [3.05, 3.63) is 11.1 Å². The van der Waals surface area contributed by atoms with Gasteiger partial charge in [0.15, 0.2) is 0 Å². The Kier molecular flexibility index (Phi) is 6.40. The molecule has 4 aliphatic carbocycles. The van der Waals surface area contributed by atoms with Crippen LogP contribution in [0.15, 0.2) is 11.1 Å². The number of carbonyl (C=O) groups is 1. The van der Waals surface area contributed by atoms with Crippen molar-refractivity contribution in [2.75, 3.05) is 0 Å². The molecule has 0 aromatic rings. The van der Waals surface area contributed by atoms with E-state index in [1.165, 1.54) is 38.5 Å². The van der Waals surface area contributed by atoms with E-state index in [0.717, 1.165) is 43.4 Å². The first-order chi connectivity index (χ1) is 14.6. The Morgan fingerprint density at radius 1 is 1.06 bits per heavy atom. The third-order valence-electron chi connectivity index (χ3n) is 10.6. The maximum atomic E-state index is 11.9. The molecule has 3 nitrogen and oxygen atoms in total. The molecule has 0 saturated heterocycles. The molecule has 0 aromatic carbocycles. The molecule has 2 saturated carbocycles. The molecule has 0 unspecified atom stereocenters. The molecule has 0 amide bonds. The quantitative estimate of drug-likeness (QED) is 0.566. The summed E-state index contributed by atoms with van der Waals surface area (Å²) in [6, 6.07) is 0. The number of carboxylic acids is 1. The van der Waals surface area contributed by atoms with Gasteiger partial charge in [0.1, 0.15) is 0 Å². The number of aliphatic carboxylic acids is 1. The SMILES string of the molecule is CC(C)CCC[C@@H](C)[C@H]1CC[C@H]2C3=C(CC[C@]12C)[C@@]1(C)CC[C@H](O)[C@@H](C(=O)[O-])[C@@H]1CC3. The number of fused-ring (bicyclic) bond motifs is 4. The monoisotopic (exact) mass is 429 g/mol. The van der Waals surface area contributed by atoms with E-state index in [2.05, 4.69) is 34.6 Å². The standard InChI is InChI=1S/C28H46O3/c1-17(2)7-6-8-18(3)20-11-12-21-19-9-10-23-25(26(30)31)24(29)14-16-28(23,5)22(19)13-15-27(20,21)4/h17-18,20-21,23-25,29H,6-16H2,1-5H3,(H,30,31)/p-1/t18-,20-,21+,23+,24+,25+,27-,28-/m1/s1. The Bertz CT molecular complexity index is 724. The highest BCUT2D eigenvalue weighted by Crippen LogP contribution is 2.66. The lowest BCUT2D eigenvalue weighted by Gasteiger charge is -2.57. The van der Waals surface area contributed by atoms with Gasteiger partial charge in [-0.3, -0.25) is 0 Å². The summed E-state index contributed by atoms with van der Waals surface area (Å²) in [6.07, 6.45) is 11.9. The number of carboxylic acid groups (broad SMARTS) is 1. The van der Waals surface area contributed by atoms with Crippen LogP contribution >= 0.6 is 0 Å². The van der Waals surface area contributed by atoms with Crippen LogP contribution in [-0.4, -0.2) is 17.2 Å². The van der Waals surface area contributed by atoms with E-state index in [9.17, 15) is 15.0 Å². The largest absolute Gasteiger partial charge is 0.550 e. The Morgan fingerprint density at radius 3 is 2.48 bits per heavy atom. The normalized spacial score (nSPS) is 43.4. The molecule has 4 rings (SSSR count). The maximum absolute atomic E-state index is 11.9. The number of hydrogen-bond donors (Lipinski definition) is 1. The summed E-state index contributed by atoms with van der Waals surface area (Å²) in [4.78, 5) is 11.9. The van der Waals surface area contributed by atoms with Gasteiger partial charge in [0.05, 0.1) is 6.10 Å². The zero-order chi connectivity index (χ0) is 22.6. The van der Waals surface area contributed by atoms with Gasteiger partial charge in [-0.25, -0.2) is 0 Å². The number of carbonyl (C=O) groups excluding carboxylic acids is 1. The predicted octanol–water partition coefficient (Wildman–Crippen LogP) is 5.51. The maximum Gasteiger partial charge on any atom is 0.0623 e. The minimum atomic E-state index is -1.04. The van der Waals surface area contributed by atoms with E-state index in [-0.39, 0.29) is 11.3 Å². The van der Waals surface area contributed by atoms with Crippen molar-refractivity contribution in [3.63, 3.8) is 0 Å². The van der Waals surface area contributed by atoms with Crippen LogP contribution in [0.1, 0.15) is 105 Å². The van der Waals surface area contributed by atoms with E-state index in [1.807, 2.05) is 0 Å². The second-order valence-electron chi connectivity index (χ2n) is 12.6. The van der Waals surface area contributed by atoms with Crippen LogP contribution in [0.3, 0.4) is 0 Å². The highest BCUT2D eigenvalue weighted by molar-refractivity contribution is 5.69. The molecule has 1 N–H and O–H groups in total.